The van der Waals surface area contributed by atoms with E-state index in [9.17, 15) is 9.90 Å². The Kier molecular flexibility index (Phi) is 7.90. The van der Waals surface area contributed by atoms with Crippen molar-refractivity contribution in [1.29, 1.82) is 0 Å². The van der Waals surface area contributed by atoms with E-state index in [2.05, 4.69) is 34.4 Å². The molecule has 9 heteroatoms. The number of nitrogens with one attached hydrogen (secondary N) is 2. The van der Waals surface area contributed by atoms with Gasteiger partial charge in [0.25, 0.3) is 5.91 Å². The van der Waals surface area contributed by atoms with Crippen LogP contribution in [0.1, 0.15) is 53.9 Å². The lowest BCUT2D eigenvalue weighted by molar-refractivity contribution is -0.00546. The van der Waals surface area contributed by atoms with E-state index in [4.69, 9.17) is 14.7 Å². The highest BCUT2D eigenvalue weighted by Crippen LogP contribution is 2.33. The van der Waals surface area contributed by atoms with Crippen molar-refractivity contribution in [2.45, 2.75) is 58.0 Å². The summed E-state index contributed by atoms with van der Waals surface area (Å²) in [5.74, 6) is 0.714. The van der Waals surface area contributed by atoms with Gasteiger partial charge in [0.2, 0.25) is 0 Å². The Morgan fingerprint density at radius 1 is 1.05 bits per heavy atom. The second-order valence-electron chi connectivity index (χ2n) is 11.6. The van der Waals surface area contributed by atoms with Crippen LogP contribution in [0.2, 0.25) is 0 Å². The topological polar surface area (TPSA) is 113 Å². The van der Waals surface area contributed by atoms with Gasteiger partial charge in [-0.05, 0) is 100 Å². The molecule has 0 unspecified atom stereocenters. The number of piperidine rings is 1. The zero-order valence-electron chi connectivity index (χ0n) is 24.4. The lowest BCUT2D eigenvalue weighted by Crippen LogP contribution is -2.45. The normalized spacial score (nSPS) is 20.4. The summed E-state index contributed by atoms with van der Waals surface area (Å²) < 4.78 is 5.88. The summed E-state index contributed by atoms with van der Waals surface area (Å²) in [6, 6.07) is 17.4. The van der Waals surface area contributed by atoms with Crippen LogP contribution < -0.4 is 15.5 Å². The van der Waals surface area contributed by atoms with Gasteiger partial charge >= 0.3 is 0 Å². The number of fused-ring (bicyclic) bond motifs is 1. The van der Waals surface area contributed by atoms with Gasteiger partial charge in [0.05, 0.1) is 47.0 Å². The molecule has 4 aromatic rings. The van der Waals surface area contributed by atoms with Gasteiger partial charge in [-0.3, -0.25) is 9.78 Å². The van der Waals surface area contributed by atoms with E-state index in [-0.39, 0.29) is 24.7 Å². The Morgan fingerprint density at radius 2 is 1.81 bits per heavy atom. The molecule has 2 atom stereocenters. The van der Waals surface area contributed by atoms with E-state index in [1.54, 1.807) is 12.3 Å². The number of benzene rings is 1. The molecule has 0 bridgehead atoms. The fourth-order valence-corrected chi connectivity index (χ4v) is 6.05. The minimum atomic E-state index is -0.914. The smallest absolute Gasteiger partial charge is 0.251 e. The van der Waals surface area contributed by atoms with Gasteiger partial charge in [-0.1, -0.05) is 12.1 Å². The molecule has 2 fully saturated rings. The number of aliphatic hydroxyl groups is 1. The summed E-state index contributed by atoms with van der Waals surface area (Å²) in [4.78, 5) is 29.7. The zero-order valence-corrected chi connectivity index (χ0v) is 24.4. The predicted octanol–water partition coefficient (Wildman–Crippen LogP) is 4.11. The molecular formula is C33H38N6O3. The largest absolute Gasteiger partial charge is 0.385 e. The van der Waals surface area contributed by atoms with Crippen LogP contribution in [0.4, 0.5) is 5.82 Å². The van der Waals surface area contributed by atoms with Crippen molar-refractivity contribution in [1.82, 2.24) is 25.6 Å². The van der Waals surface area contributed by atoms with E-state index >= 15 is 0 Å². The third-order valence-corrected chi connectivity index (χ3v) is 8.23. The molecular weight excluding hydrogens is 528 g/mol. The van der Waals surface area contributed by atoms with Gasteiger partial charge < -0.3 is 25.4 Å². The number of carbonyl (C=O) groups is 1. The number of hydrogen-bond donors (Lipinski definition) is 3. The van der Waals surface area contributed by atoms with Crippen LogP contribution in [-0.2, 0) is 16.9 Å². The molecule has 2 saturated heterocycles. The van der Waals surface area contributed by atoms with Crippen molar-refractivity contribution in [2.75, 3.05) is 31.1 Å². The van der Waals surface area contributed by atoms with E-state index in [1.807, 2.05) is 55.5 Å². The van der Waals surface area contributed by atoms with Crippen molar-refractivity contribution in [2.24, 2.45) is 0 Å². The van der Waals surface area contributed by atoms with E-state index < -0.39 is 5.60 Å². The number of amides is 1. The summed E-state index contributed by atoms with van der Waals surface area (Å²) >= 11 is 0. The van der Waals surface area contributed by atoms with Gasteiger partial charge in [0.1, 0.15) is 5.82 Å². The second kappa shape index (κ2) is 11.8. The Labute approximate surface area is 246 Å². The molecule has 2 aliphatic heterocycles. The minimum absolute atomic E-state index is 0.151. The van der Waals surface area contributed by atoms with E-state index in [0.29, 0.717) is 24.1 Å². The Hall–Kier alpha value is -3.92. The van der Waals surface area contributed by atoms with Gasteiger partial charge in [-0.15, -0.1) is 0 Å². The summed E-state index contributed by atoms with van der Waals surface area (Å²) in [7, 11) is 0. The van der Waals surface area contributed by atoms with E-state index in [0.717, 1.165) is 65.4 Å². The number of carbonyl (C=O) groups excluding carboxylic acids is 1. The third-order valence-electron chi connectivity index (χ3n) is 8.23. The Bertz CT molecular complexity index is 1590. The number of rotatable bonds is 6. The summed E-state index contributed by atoms with van der Waals surface area (Å²) in [5.41, 5.74) is 4.51. The average molecular weight is 567 g/mol. The SMILES string of the molecule is Cc1ccc(C(=O)NCc2cc3nc(-c4cccc(N5C[C@@H](C)O[C@@H](C)C5)n4)ccc3cn2)cc1C1(O)CCNCC1. The molecule has 42 heavy (non-hydrogen) atoms. The number of aryl methyl sites for hydroxylation is 1. The van der Waals surface area contributed by atoms with Crippen molar-refractivity contribution in [3.63, 3.8) is 0 Å². The summed E-state index contributed by atoms with van der Waals surface area (Å²) in [6.07, 6.45) is 3.34. The van der Waals surface area contributed by atoms with Crippen LogP contribution in [0.25, 0.3) is 22.3 Å². The molecule has 0 spiro atoms. The molecule has 0 saturated carbocycles. The Morgan fingerprint density at radius 3 is 2.60 bits per heavy atom. The number of morpholine rings is 1. The van der Waals surface area contributed by atoms with Crippen LogP contribution in [-0.4, -0.2) is 64.4 Å². The van der Waals surface area contributed by atoms with Crippen molar-refractivity contribution < 1.29 is 14.6 Å². The first-order valence-corrected chi connectivity index (χ1v) is 14.7. The maximum absolute atomic E-state index is 13.1. The fourth-order valence-electron chi connectivity index (χ4n) is 6.05. The van der Waals surface area contributed by atoms with Crippen molar-refractivity contribution in [3.05, 3.63) is 83.2 Å². The first kappa shape index (κ1) is 28.2. The molecule has 3 N–H and O–H groups in total. The molecule has 2 aliphatic rings. The Balaban J connectivity index is 1.18. The maximum atomic E-state index is 13.1. The predicted molar refractivity (Wildman–Crippen MR) is 163 cm³/mol. The highest BCUT2D eigenvalue weighted by molar-refractivity contribution is 5.94. The zero-order chi connectivity index (χ0) is 29.3. The lowest BCUT2D eigenvalue weighted by atomic mass is 9.82. The van der Waals surface area contributed by atoms with Crippen LogP contribution in [0.5, 0.6) is 0 Å². The van der Waals surface area contributed by atoms with Crippen LogP contribution in [0.15, 0.2) is 60.8 Å². The van der Waals surface area contributed by atoms with Gasteiger partial charge in [0, 0.05) is 30.2 Å². The minimum Gasteiger partial charge on any atom is -0.385 e. The highest BCUT2D eigenvalue weighted by atomic mass is 16.5. The molecule has 1 amide bonds. The van der Waals surface area contributed by atoms with Crippen LogP contribution >= 0.6 is 0 Å². The molecule has 6 rings (SSSR count). The number of pyridine rings is 3. The summed E-state index contributed by atoms with van der Waals surface area (Å²) in [5, 5.41) is 18.4. The molecule has 9 nitrogen and oxygen atoms in total. The van der Waals surface area contributed by atoms with Gasteiger partial charge in [-0.25, -0.2) is 9.97 Å². The van der Waals surface area contributed by atoms with Crippen LogP contribution in [0, 0.1) is 6.92 Å². The average Bonchev–Trinajstić information content (AvgIpc) is 2.99. The number of aromatic nitrogens is 3. The third kappa shape index (κ3) is 5.99. The highest BCUT2D eigenvalue weighted by Gasteiger charge is 2.33. The maximum Gasteiger partial charge on any atom is 0.251 e. The molecule has 0 aliphatic carbocycles. The lowest BCUT2D eigenvalue weighted by Gasteiger charge is -2.36. The first-order chi connectivity index (χ1) is 20.3. The monoisotopic (exact) mass is 566 g/mol. The molecule has 1 aromatic carbocycles. The molecule has 218 valence electrons. The fraction of sp³-hybridized carbons (Fsp3) is 0.394. The van der Waals surface area contributed by atoms with Crippen molar-refractivity contribution >= 4 is 22.6 Å². The standard InChI is InChI=1S/C33H38N6O3/c1-21-7-8-24(15-27(21)33(41)11-13-34-14-12-33)32(40)36-18-26-16-30-25(17-35-26)9-10-29(37-30)28-5-4-6-31(38-28)39-19-22(2)42-23(3)20-39/h4-10,15-17,22-23,34,41H,11-14,18-20H2,1-3H3,(H,36,40)/t22-,23+. The molecule has 0 radical (unpaired) electrons. The second-order valence-corrected chi connectivity index (χ2v) is 11.6. The number of anilines is 1. The quantitative estimate of drug-likeness (QED) is 0.320. The van der Waals surface area contributed by atoms with Crippen molar-refractivity contribution in [3.8, 4) is 11.4 Å². The molecule has 5 heterocycles. The summed E-state index contributed by atoms with van der Waals surface area (Å²) in [6.45, 7) is 9.52. The van der Waals surface area contributed by atoms with Gasteiger partial charge in [-0.2, -0.15) is 0 Å². The number of nitrogens with zero attached hydrogens (tertiary/aromatic N) is 4. The van der Waals surface area contributed by atoms with E-state index in [1.165, 1.54) is 0 Å². The number of hydrogen-bond acceptors (Lipinski definition) is 8. The number of ether oxygens (including phenoxy) is 1. The van der Waals surface area contributed by atoms with Gasteiger partial charge in [0.15, 0.2) is 0 Å². The first-order valence-electron chi connectivity index (χ1n) is 14.7. The molecule has 3 aromatic heterocycles. The van der Waals surface area contributed by atoms with Crippen LogP contribution in [0.3, 0.4) is 0 Å².